The quantitative estimate of drug-likeness (QED) is 0.783. The fourth-order valence-electron chi connectivity index (χ4n) is 4.68. The van der Waals surface area contributed by atoms with E-state index in [1.807, 2.05) is 9.80 Å². The third-order valence-electron chi connectivity index (χ3n) is 6.37. The summed E-state index contributed by atoms with van der Waals surface area (Å²) < 4.78 is 44.5. The molecule has 1 atom stereocenters. The Kier molecular flexibility index (Phi) is 5.24. The van der Waals surface area contributed by atoms with Crippen molar-refractivity contribution >= 4 is 11.7 Å². The van der Waals surface area contributed by atoms with Crippen molar-refractivity contribution in [2.24, 2.45) is 5.41 Å². The summed E-state index contributed by atoms with van der Waals surface area (Å²) in [5.41, 5.74) is -0.790. The molecule has 0 aromatic carbocycles. The van der Waals surface area contributed by atoms with Crippen LogP contribution in [0.4, 0.5) is 19.0 Å². The van der Waals surface area contributed by atoms with Crippen molar-refractivity contribution in [3.8, 4) is 0 Å². The molecule has 0 radical (unpaired) electrons. The smallest absolute Gasteiger partial charge is 0.376 e. The third kappa shape index (κ3) is 4.11. The summed E-state index contributed by atoms with van der Waals surface area (Å²) in [4.78, 5) is 20.1. The molecule has 3 aliphatic heterocycles. The van der Waals surface area contributed by atoms with E-state index in [4.69, 9.17) is 4.74 Å². The Morgan fingerprint density at radius 2 is 2.00 bits per heavy atom. The number of anilines is 1. The Balaban J connectivity index is 1.39. The van der Waals surface area contributed by atoms with Crippen molar-refractivity contribution in [2.45, 2.75) is 50.8 Å². The second-order valence-corrected chi connectivity index (χ2v) is 8.28. The molecule has 154 valence electrons. The minimum atomic E-state index is -4.43. The van der Waals surface area contributed by atoms with Crippen molar-refractivity contribution in [2.75, 3.05) is 37.7 Å². The molecule has 4 heterocycles. The molecule has 28 heavy (non-hydrogen) atoms. The highest BCUT2D eigenvalue weighted by molar-refractivity contribution is 5.77. The highest BCUT2D eigenvalue weighted by atomic mass is 19.4. The first-order valence-corrected chi connectivity index (χ1v) is 10.0. The van der Waals surface area contributed by atoms with Crippen LogP contribution in [0, 0.1) is 5.41 Å². The summed E-state index contributed by atoms with van der Waals surface area (Å²) in [5.74, 6) is 0.580. The van der Waals surface area contributed by atoms with E-state index >= 15 is 0 Å². The van der Waals surface area contributed by atoms with E-state index in [0.29, 0.717) is 31.9 Å². The van der Waals surface area contributed by atoms with Crippen LogP contribution in [-0.4, -0.2) is 54.7 Å². The second kappa shape index (κ2) is 7.54. The fraction of sp³-hybridized carbons (Fsp3) is 0.700. The Morgan fingerprint density at radius 1 is 1.21 bits per heavy atom. The van der Waals surface area contributed by atoms with Crippen molar-refractivity contribution in [1.82, 2.24) is 9.88 Å². The number of carbonyl (C=O) groups is 1. The lowest BCUT2D eigenvalue weighted by atomic mass is 9.72. The zero-order valence-corrected chi connectivity index (χ0v) is 15.9. The van der Waals surface area contributed by atoms with E-state index < -0.39 is 11.9 Å². The highest BCUT2D eigenvalue weighted by Crippen LogP contribution is 2.41. The molecule has 0 aliphatic carbocycles. The third-order valence-corrected chi connectivity index (χ3v) is 6.37. The number of alkyl halides is 3. The van der Waals surface area contributed by atoms with Crippen molar-refractivity contribution in [3.63, 3.8) is 0 Å². The van der Waals surface area contributed by atoms with Crippen molar-refractivity contribution in [3.05, 3.63) is 23.9 Å². The van der Waals surface area contributed by atoms with Gasteiger partial charge in [-0.25, -0.2) is 4.98 Å². The van der Waals surface area contributed by atoms with E-state index in [2.05, 4.69) is 4.98 Å². The summed E-state index contributed by atoms with van der Waals surface area (Å²) in [6.07, 6.45) is 0.906. The Hall–Kier alpha value is -1.83. The first-order valence-electron chi connectivity index (χ1n) is 10.0. The van der Waals surface area contributed by atoms with E-state index in [1.54, 1.807) is 6.07 Å². The molecule has 0 bridgehead atoms. The molecule has 1 unspecified atom stereocenters. The molecule has 1 aromatic heterocycles. The van der Waals surface area contributed by atoms with Crippen LogP contribution in [0.15, 0.2) is 18.2 Å². The second-order valence-electron chi connectivity index (χ2n) is 8.28. The standard InChI is InChI=1S/C20H26F3N3O2/c21-20(22,23)16-4-1-5-17(24-16)25-10-8-19(9-11-25)7-6-18(27)26(14-19)13-15-3-2-12-28-15/h1,4-5,15H,2-3,6-14H2. The Morgan fingerprint density at radius 3 is 2.68 bits per heavy atom. The molecular weight excluding hydrogens is 371 g/mol. The number of pyridine rings is 1. The van der Waals surface area contributed by atoms with Crippen LogP contribution in [0.3, 0.4) is 0 Å². The van der Waals surface area contributed by atoms with Gasteiger partial charge in [0.2, 0.25) is 5.91 Å². The van der Waals surface area contributed by atoms with E-state index in [-0.39, 0.29) is 17.4 Å². The number of nitrogens with zero attached hydrogens (tertiary/aromatic N) is 3. The number of ether oxygens (including phenoxy) is 1. The molecule has 0 N–H and O–H groups in total. The van der Waals surface area contributed by atoms with Gasteiger partial charge in [0.25, 0.3) is 0 Å². The molecule has 3 aliphatic rings. The maximum atomic E-state index is 12.9. The van der Waals surface area contributed by atoms with Gasteiger partial charge in [-0.3, -0.25) is 4.79 Å². The number of aromatic nitrogens is 1. The van der Waals surface area contributed by atoms with Gasteiger partial charge in [-0.05, 0) is 49.7 Å². The first kappa shape index (κ1) is 19.5. The van der Waals surface area contributed by atoms with Crippen molar-refractivity contribution < 1.29 is 22.7 Å². The number of amides is 1. The molecule has 1 spiro atoms. The zero-order valence-electron chi connectivity index (χ0n) is 15.9. The normalized spacial score (nSPS) is 25.5. The van der Waals surface area contributed by atoms with Gasteiger partial charge in [-0.2, -0.15) is 13.2 Å². The van der Waals surface area contributed by atoms with Gasteiger partial charge in [0.05, 0.1) is 6.10 Å². The minimum Gasteiger partial charge on any atom is -0.376 e. The van der Waals surface area contributed by atoms with Crippen LogP contribution in [0.25, 0.3) is 0 Å². The summed E-state index contributed by atoms with van der Waals surface area (Å²) in [7, 11) is 0. The number of hydrogen-bond acceptors (Lipinski definition) is 4. The van der Waals surface area contributed by atoms with Gasteiger partial charge in [-0.15, -0.1) is 0 Å². The summed E-state index contributed by atoms with van der Waals surface area (Å²) >= 11 is 0. The SMILES string of the molecule is O=C1CCC2(CCN(c3cccc(C(F)(F)F)n3)CC2)CN1CC1CCCO1. The number of hydrogen-bond donors (Lipinski definition) is 0. The van der Waals surface area contributed by atoms with Gasteiger partial charge in [0.15, 0.2) is 0 Å². The predicted octanol–water partition coefficient (Wildman–Crippen LogP) is 3.49. The molecule has 1 aromatic rings. The molecule has 3 fully saturated rings. The van der Waals surface area contributed by atoms with Crippen LogP contribution in [0.2, 0.25) is 0 Å². The van der Waals surface area contributed by atoms with Gasteiger partial charge in [0.1, 0.15) is 11.5 Å². The maximum absolute atomic E-state index is 12.9. The fourth-order valence-corrected chi connectivity index (χ4v) is 4.68. The zero-order chi connectivity index (χ0) is 19.8. The van der Waals surface area contributed by atoms with E-state index in [0.717, 1.165) is 51.3 Å². The number of piperidine rings is 2. The summed E-state index contributed by atoms with van der Waals surface area (Å²) in [6.45, 7) is 3.50. The monoisotopic (exact) mass is 397 g/mol. The minimum absolute atomic E-state index is 0.0602. The molecule has 8 heteroatoms. The number of likely N-dealkylation sites (tertiary alicyclic amines) is 1. The van der Waals surface area contributed by atoms with E-state index in [1.165, 1.54) is 6.07 Å². The van der Waals surface area contributed by atoms with Crippen LogP contribution in [0.1, 0.15) is 44.2 Å². The van der Waals surface area contributed by atoms with Gasteiger partial charge in [0, 0.05) is 39.2 Å². The van der Waals surface area contributed by atoms with Gasteiger partial charge >= 0.3 is 6.18 Å². The molecule has 4 rings (SSSR count). The first-order chi connectivity index (χ1) is 13.3. The average Bonchev–Trinajstić information content (AvgIpc) is 3.18. The summed E-state index contributed by atoms with van der Waals surface area (Å²) in [5, 5.41) is 0. The van der Waals surface area contributed by atoms with Gasteiger partial charge in [-0.1, -0.05) is 6.07 Å². The van der Waals surface area contributed by atoms with E-state index in [9.17, 15) is 18.0 Å². The maximum Gasteiger partial charge on any atom is 0.433 e. The lowest BCUT2D eigenvalue weighted by molar-refractivity contribution is -0.141. The lowest BCUT2D eigenvalue weighted by Crippen LogP contribution is -2.53. The molecule has 3 saturated heterocycles. The molecule has 0 saturated carbocycles. The number of halogens is 3. The highest BCUT2D eigenvalue weighted by Gasteiger charge is 2.42. The topological polar surface area (TPSA) is 45.7 Å². The number of rotatable bonds is 3. The van der Waals surface area contributed by atoms with Crippen molar-refractivity contribution in [1.29, 1.82) is 0 Å². The Labute approximate surface area is 162 Å². The summed E-state index contributed by atoms with van der Waals surface area (Å²) in [6, 6.07) is 4.06. The predicted molar refractivity (Wildman–Crippen MR) is 97.9 cm³/mol. The van der Waals surface area contributed by atoms with Crippen LogP contribution in [0.5, 0.6) is 0 Å². The number of carbonyl (C=O) groups excluding carboxylic acids is 1. The van der Waals surface area contributed by atoms with Crippen LogP contribution in [-0.2, 0) is 15.7 Å². The average molecular weight is 397 g/mol. The van der Waals surface area contributed by atoms with Crippen LogP contribution < -0.4 is 4.90 Å². The molecule has 5 nitrogen and oxygen atoms in total. The van der Waals surface area contributed by atoms with Crippen LogP contribution >= 0.6 is 0 Å². The molecular formula is C20H26F3N3O2. The van der Waals surface area contributed by atoms with Gasteiger partial charge < -0.3 is 14.5 Å². The largest absolute Gasteiger partial charge is 0.433 e. The molecule has 1 amide bonds. The lowest BCUT2D eigenvalue weighted by Gasteiger charge is -2.48. The Bertz CT molecular complexity index is 711.